The van der Waals surface area contributed by atoms with Crippen molar-refractivity contribution < 1.29 is 23.5 Å². The molecule has 204 valence electrons. The molecule has 3 amide bonds. The first-order valence-electron chi connectivity index (χ1n) is 13.3. The summed E-state index contributed by atoms with van der Waals surface area (Å²) < 4.78 is 20.9. The molecular formula is C32H30FN3O4. The SMILES string of the molecule is C[C@H](C(=O)N1[C@H](c2cccc(F)c2)[C@H](OCc2ccccc2)C[C@@H]1C(C)(C)C#N)N1C(=O)c2ccccc2C1=O. The highest BCUT2D eigenvalue weighted by molar-refractivity contribution is 6.22. The molecule has 2 heterocycles. The van der Waals surface area contributed by atoms with Gasteiger partial charge in [-0.1, -0.05) is 54.6 Å². The molecule has 0 bridgehead atoms. The Labute approximate surface area is 232 Å². The second-order valence-corrected chi connectivity index (χ2v) is 10.9. The first-order valence-corrected chi connectivity index (χ1v) is 13.3. The first kappa shape index (κ1) is 27.2. The zero-order valence-corrected chi connectivity index (χ0v) is 22.6. The summed E-state index contributed by atoms with van der Waals surface area (Å²) in [6.45, 7) is 5.26. The standard InChI is InChI=1S/C32H30FN3O4/c1-20(35-30(38)24-14-7-8-15-25(24)31(35)39)29(37)36-27(32(2,3)19-34)17-26(40-18-21-10-5-4-6-11-21)28(36)22-12-9-13-23(33)16-22/h4-16,20,26-28H,17-18H2,1-3H3/t20-,26-,27-,28-/m1/s1. The lowest BCUT2D eigenvalue weighted by molar-refractivity contribution is -0.141. The van der Waals surface area contributed by atoms with E-state index < -0.39 is 53.2 Å². The number of likely N-dealkylation sites (tertiary alicyclic amines) is 1. The summed E-state index contributed by atoms with van der Waals surface area (Å²) in [7, 11) is 0. The maximum Gasteiger partial charge on any atom is 0.262 e. The van der Waals surface area contributed by atoms with Gasteiger partial charge in [-0.25, -0.2) is 4.39 Å². The van der Waals surface area contributed by atoms with Gasteiger partial charge in [-0.15, -0.1) is 0 Å². The molecule has 1 fully saturated rings. The third-order valence-corrected chi connectivity index (χ3v) is 7.89. The van der Waals surface area contributed by atoms with Crippen molar-refractivity contribution in [1.82, 2.24) is 9.80 Å². The summed E-state index contributed by atoms with van der Waals surface area (Å²) in [4.78, 5) is 43.3. The number of benzene rings is 3. The van der Waals surface area contributed by atoms with Crippen LogP contribution in [0.25, 0.3) is 0 Å². The molecule has 1 saturated heterocycles. The molecule has 0 unspecified atom stereocenters. The second kappa shape index (κ2) is 10.7. The van der Waals surface area contributed by atoms with E-state index in [0.717, 1.165) is 10.5 Å². The fourth-order valence-corrected chi connectivity index (χ4v) is 5.73. The number of hydrogen-bond acceptors (Lipinski definition) is 5. The van der Waals surface area contributed by atoms with Gasteiger partial charge in [-0.2, -0.15) is 5.26 Å². The molecule has 3 aromatic carbocycles. The van der Waals surface area contributed by atoms with Crippen LogP contribution in [0.15, 0.2) is 78.9 Å². The Morgan fingerprint density at radius 1 is 1.02 bits per heavy atom. The lowest BCUT2D eigenvalue weighted by Crippen LogP contribution is -2.54. The molecule has 3 aromatic rings. The van der Waals surface area contributed by atoms with Crippen LogP contribution in [-0.4, -0.2) is 45.7 Å². The summed E-state index contributed by atoms with van der Waals surface area (Å²) in [5, 5.41) is 10.1. The average Bonchev–Trinajstić information content (AvgIpc) is 3.47. The Morgan fingerprint density at radius 2 is 1.65 bits per heavy atom. The third kappa shape index (κ3) is 4.78. The molecule has 40 heavy (non-hydrogen) atoms. The van der Waals surface area contributed by atoms with E-state index in [-0.39, 0.29) is 17.7 Å². The minimum Gasteiger partial charge on any atom is -0.371 e. The molecule has 0 saturated carbocycles. The van der Waals surface area contributed by atoms with Crippen LogP contribution in [0.2, 0.25) is 0 Å². The van der Waals surface area contributed by atoms with Gasteiger partial charge in [0, 0.05) is 0 Å². The Morgan fingerprint density at radius 3 is 2.25 bits per heavy atom. The van der Waals surface area contributed by atoms with Crippen LogP contribution >= 0.6 is 0 Å². The number of imide groups is 1. The van der Waals surface area contributed by atoms with E-state index in [1.807, 2.05) is 30.3 Å². The minimum absolute atomic E-state index is 0.244. The number of halogens is 1. The fraction of sp³-hybridized carbons (Fsp3) is 0.312. The van der Waals surface area contributed by atoms with Gasteiger partial charge >= 0.3 is 0 Å². The molecule has 0 aromatic heterocycles. The molecule has 4 atom stereocenters. The van der Waals surface area contributed by atoms with Gasteiger partial charge in [0.1, 0.15) is 11.9 Å². The number of ether oxygens (including phenoxy) is 1. The molecule has 7 nitrogen and oxygen atoms in total. The van der Waals surface area contributed by atoms with Crippen molar-refractivity contribution in [3.05, 3.63) is 107 Å². The topological polar surface area (TPSA) is 90.7 Å². The zero-order chi connectivity index (χ0) is 28.6. The van der Waals surface area contributed by atoms with Gasteiger partial charge in [0.15, 0.2) is 0 Å². The summed E-state index contributed by atoms with van der Waals surface area (Å²) in [6, 6.07) is 21.8. The van der Waals surface area contributed by atoms with Crippen molar-refractivity contribution in [2.24, 2.45) is 5.41 Å². The van der Waals surface area contributed by atoms with Crippen molar-refractivity contribution in [2.75, 3.05) is 0 Å². The van der Waals surface area contributed by atoms with Crippen LogP contribution < -0.4 is 0 Å². The molecule has 0 N–H and O–H groups in total. The molecule has 2 aliphatic heterocycles. The second-order valence-electron chi connectivity index (χ2n) is 10.9. The molecule has 0 aliphatic carbocycles. The summed E-state index contributed by atoms with van der Waals surface area (Å²) >= 11 is 0. The van der Waals surface area contributed by atoms with Crippen molar-refractivity contribution in [1.29, 1.82) is 5.26 Å². The summed E-state index contributed by atoms with van der Waals surface area (Å²) in [5.74, 6) is -2.07. The largest absolute Gasteiger partial charge is 0.371 e. The predicted octanol–water partition coefficient (Wildman–Crippen LogP) is 5.29. The summed E-state index contributed by atoms with van der Waals surface area (Å²) in [5.41, 5.74) is 0.924. The molecule has 0 spiro atoms. The monoisotopic (exact) mass is 539 g/mol. The van der Waals surface area contributed by atoms with E-state index >= 15 is 0 Å². The number of carbonyl (C=O) groups excluding carboxylic acids is 3. The van der Waals surface area contributed by atoms with E-state index in [2.05, 4.69) is 6.07 Å². The molecule has 2 aliphatic rings. The fourth-order valence-electron chi connectivity index (χ4n) is 5.73. The number of carbonyl (C=O) groups is 3. The van der Waals surface area contributed by atoms with Crippen LogP contribution in [0.3, 0.4) is 0 Å². The van der Waals surface area contributed by atoms with Gasteiger partial charge in [-0.05, 0) is 62.6 Å². The highest BCUT2D eigenvalue weighted by Gasteiger charge is 2.53. The summed E-state index contributed by atoms with van der Waals surface area (Å²) in [6.07, 6.45) is -0.257. The van der Waals surface area contributed by atoms with Crippen LogP contribution in [0.5, 0.6) is 0 Å². The Balaban J connectivity index is 1.55. The average molecular weight is 540 g/mol. The maximum absolute atomic E-state index is 14.5. The third-order valence-electron chi connectivity index (χ3n) is 7.89. The van der Waals surface area contributed by atoms with Gasteiger partial charge in [0.2, 0.25) is 5.91 Å². The maximum atomic E-state index is 14.5. The van der Waals surface area contributed by atoms with Crippen LogP contribution in [0, 0.1) is 22.6 Å². The van der Waals surface area contributed by atoms with Crippen LogP contribution in [-0.2, 0) is 16.1 Å². The first-order chi connectivity index (χ1) is 19.1. The highest BCUT2D eigenvalue weighted by Crippen LogP contribution is 2.46. The minimum atomic E-state index is -1.16. The Bertz CT molecular complexity index is 1460. The molecule has 8 heteroatoms. The lowest BCUT2D eigenvalue weighted by Gasteiger charge is -2.39. The van der Waals surface area contributed by atoms with Gasteiger partial charge in [0.25, 0.3) is 11.8 Å². The number of nitrogens with zero attached hydrogens (tertiary/aromatic N) is 3. The number of fused-ring (bicyclic) bond motifs is 1. The molecular weight excluding hydrogens is 509 g/mol. The van der Waals surface area contributed by atoms with E-state index in [0.29, 0.717) is 12.0 Å². The zero-order valence-electron chi connectivity index (χ0n) is 22.6. The Hall–Kier alpha value is -4.35. The predicted molar refractivity (Wildman–Crippen MR) is 145 cm³/mol. The van der Waals surface area contributed by atoms with Crippen molar-refractivity contribution in [3.63, 3.8) is 0 Å². The Kier molecular flexibility index (Phi) is 7.26. The smallest absolute Gasteiger partial charge is 0.262 e. The molecule has 5 rings (SSSR count). The quantitative estimate of drug-likeness (QED) is 0.381. The van der Waals surface area contributed by atoms with Gasteiger partial charge in [0.05, 0.1) is 47.4 Å². The molecule has 0 radical (unpaired) electrons. The van der Waals surface area contributed by atoms with Gasteiger partial charge in [-0.3, -0.25) is 19.3 Å². The number of amides is 3. The number of hydrogen-bond donors (Lipinski definition) is 0. The normalized spacial score (nSPS) is 21.3. The van der Waals surface area contributed by atoms with Gasteiger partial charge < -0.3 is 9.64 Å². The van der Waals surface area contributed by atoms with E-state index in [4.69, 9.17) is 4.74 Å². The van der Waals surface area contributed by atoms with E-state index in [9.17, 15) is 24.0 Å². The van der Waals surface area contributed by atoms with E-state index in [1.54, 1.807) is 55.1 Å². The van der Waals surface area contributed by atoms with Crippen LogP contribution in [0.1, 0.15) is 65.1 Å². The highest BCUT2D eigenvalue weighted by atomic mass is 19.1. The number of nitriles is 1. The van der Waals surface area contributed by atoms with Crippen molar-refractivity contribution >= 4 is 17.7 Å². The number of rotatable bonds is 7. The van der Waals surface area contributed by atoms with Crippen molar-refractivity contribution in [2.45, 2.75) is 58.0 Å². The van der Waals surface area contributed by atoms with Crippen molar-refractivity contribution in [3.8, 4) is 6.07 Å². The lowest BCUT2D eigenvalue weighted by atomic mass is 9.84. The van der Waals surface area contributed by atoms with E-state index in [1.165, 1.54) is 19.1 Å². The van der Waals surface area contributed by atoms with Crippen LogP contribution in [0.4, 0.5) is 4.39 Å².